The number of nitrogens with zero attached hydrogens (tertiary/aromatic N) is 3. The highest BCUT2D eigenvalue weighted by atomic mass is 16.5. The second-order valence-electron chi connectivity index (χ2n) is 10.1. The molecule has 5 rings (SSSR count). The third-order valence-electron chi connectivity index (χ3n) is 7.07. The van der Waals surface area contributed by atoms with E-state index in [-0.39, 0.29) is 23.6 Å². The van der Waals surface area contributed by atoms with Crippen molar-refractivity contribution in [2.75, 3.05) is 25.2 Å². The van der Waals surface area contributed by atoms with E-state index in [1.54, 1.807) is 13.3 Å². The van der Waals surface area contributed by atoms with Gasteiger partial charge in [0.25, 0.3) is 0 Å². The third kappa shape index (κ3) is 3.21. The molecule has 0 spiro atoms. The molecule has 0 saturated carbocycles. The summed E-state index contributed by atoms with van der Waals surface area (Å²) >= 11 is 0. The molecule has 7 nitrogen and oxygen atoms in total. The molecule has 1 aromatic heterocycles. The zero-order valence-electron chi connectivity index (χ0n) is 19.4. The van der Waals surface area contributed by atoms with Gasteiger partial charge in [-0.3, -0.25) is 24.3 Å². The molecular weight excluding hydrogens is 418 g/mol. The Hall–Kier alpha value is -3.06. The van der Waals surface area contributed by atoms with Gasteiger partial charge in [-0.05, 0) is 18.1 Å². The Morgan fingerprint density at radius 3 is 2.61 bits per heavy atom. The minimum absolute atomic E-state index is 0.0333. The molecule has 0 radical (unpaired) electrons. The van der Waals surface area contributed by atoms with E-state index in [0.29, 0.717) is 19.6 Å². The fourth-order valence-electron chi connectivity index (χ4n) is 5.57. The van der Waals surface area contributed by atoms with Crippen molar-refractivity contribution in [1.82, 2.24) is 9.88 Å². The van der Waals surface area contributed by atoms with Gasteiger partial charge in [-0.1, -0.05) is 51.1 Å². The number of methoxy groups -OCH3 is 1. The zero-order valence-corrected chi connectivity index (χ0v) is 19.4. The van der Waals surface area contributed by atoms with Crippen LogP contribution in [-0.2, 0) is 19.1 Å². The number of ketones is 1. The molecule has 172 valence electrons. The summed E-state index contributed by atoms with van der Waals surface area (Å²) in [5.74, 6) is -1.76. The van der Waals surface area contributed by atoms with Gasteiger partial charge in [0.1, 0.15) is 6.04 Å². The minimum Gasteiger partial charge on any atom is -0.385 e. The van der Waals surface area contributed by atoms with Gasteiger partial charge in [0, 0.05) is 37.3 Å². The normalized spacial score (nSPS) is 26.1. The fourth-order valence-corrected chi connectivity index (χ4v) is 5.57. The number of anilines is 1. The molecule has 0 unspecified atom stereocenters. The molecule has 4 heterocycles. The summed E-state index contributed by atoms with van der Waals surface area (Å²) < 4.78 is 5.11. The van der Waals surface area contributed by atoms with E-state index in [1.165, 1.54) is 4.90 Å². The van der Waals surface area contributed by atoms with E-state index in [9.17, 15) is 14.4 Å². The van der Waals surface area contributed by atoms with Crippen LogP contribution in [0.3, 0.4) is 0 Å². The van der Waals surface area contributed by atoms with E-state index < -0.39 is 23.3 Å². The van der Waals surface area contributed by atoms with Crippen LogP contribution in [0.15, 0.2) is 36.5 Å². The fraction of sp³-hybridized carbons (Fsp3) is 0.462. The number of aromatic nitrogens is 1. The number of carbonyl (C=O) groups excluding carboxylic acids is 3. The van der Waals surface area contributed by atoms with Crippen LogP contribution >= 0.6 is 0 Å². The van der Waals surface area contributed by atoms with Gasteiger partial charge in [-0.25, -0.2) is 0 Å². The van der Waals surface area contributed by atoms with Crippen molar-refractivity contribution in [2.24, 2.45) is 17.3 Å². The molecule has 3 aliphatic rings. The summed E-state index contributed by atoms with van der Waals surface area (Å²) in [6.45, 7) is 6.40. The number of likely N-dealkylation sites (tertiary alicyclic amines) is 1. The number of rotatable bonds is 5. The van der Waals surface area contributed by atoms with Gasteiger partial charge in [-0.2, -0.15) is 0 Å². The molecule has 0 N–H and O–H groups in total. The number of fused-ring (bicyclic) bond motifs is 7. The van der Waals surface area contributed by atoms with Crippen molar-refractivity contribution in [2.45, 2.75) is 39.3 Å². The molecule has 3 aliphatic heterocycles. The summed E-state index contributed by atoms with van der Waals surface area (Å²) in [5.41, 5.74) is 1.90. The third-order valence-corrected chi connectivity index (χ3v) is 7.07. The Bertz CT molecular complexity index is 1180. The largest absolute Gasteiger partial charge is 0.385 e. The van der Waals surface area contributed by atoms with Crippen molar-refractivity contribution in [1.29, 1.82) is 0 Å². The van der Waals surface area contributed by atoms with Gasteiger partial charge in [0.2, 0.25) is 11.8 Å². The monoisotopic (exact) mass is 447 g/mol. The first kappa shape index (κ1) is 21.8. The number of amides is 2. The first-order valence-corrected chi connectivity index (χ1v) is 11.5. The summed E-state index contributed by atoms with van der Waals surface area (Å²) in [6, 6.07) is 6.81. The lowest BCUT2D eigenvalue weighted by Gasteiger charge is -2.39. The van der Waals surface area contributed by atoms with Crippen LogP contribution < -0.4 is 4.90 Å². The molecular formula is C26H29N3O4. The highest BCUT2D eigenvalue weighted by Crippen LogP contribution is 2.51. The van der Waals surface area contributed by atoms with E-state index >= 15 is 0 Å². The maximum Gasteiger partial charge on any atom is 0.235 e. The number of imide groups is 1. The molecule has 2 amide bonds. The molecule has 0 aliphatic carbocycles. The van der Waals surface area contributed by atoms with E-state index in [2.05, 4.69) is 4.98 Å². The van der Waals surface area contributed by atoms with E-state index in [0.717, 1.165) is 22.2 Å². The van der Waals surface area contributed by atoms with Crippen molar-refractivity contribution in [3.63, 3.8) is 0 Å². The Labute approximate surface area is 193 Å². The van der Waals surface area contributed by atoms with Gasteiger partial charge in [0.05, 0.1) is 29.1 Å². The quantitative estimate of drug-likeness (QED) is 0.518. The number of carbonyl (C=O) groups is 3. The Balaban J connectivity index is 1.66. The Morgan fingerprint density at radius 1 is 1.12 bits per heavy atom. The van der Waals surface area contributed by atoms with Gasteiger partial charge >= 0.3 is 0 Å². The zero-order chi connectivity index (χ0) is 23.5. The lowest BCUT2D eigenvalue weighted by atomic mass is 9.79. The number of ether oxygens (including phenoxy) is 1. The average Bonchev–Trinajstić information content (AvgIpc) is 3.26. The predicted molar refractivity (Wildman–Crippen MR) is 125 cm³/mol. The topological polar surface area (TPSA) is 79.8 Å². The summed E-state index contributed by atoms with van der Waals surface area (Å²) in [5, 5.41) is 0.961. The lowest BCUT2D eigenvalue weighted by Crippen LogP contribution is -2.51. The molecule has 33 heavy (non-hydrogen) atoms. The molecule has 2 saturated heterocycles. The Kier molecular flexibility index (Phi) is 5.12. The summed E-state index contributed by atoms with van der Waals surface area (Å²) in [7, 11) is 1.60. The second kappa shape index (κ2) is 7.76. The smallest absolute Gasteiger partial charge is 0.235 e. The maximum absolute atomic E-state index is 13.8. The standard InChI is InChI=1S/C26H29N3O4/c1-26(2,3)23(30)22-19-18(24(31)28(25(19)32)13-6-14-33-4)17-11-10-16-9-8-15-7-5-12-27-20(15)21(16)29(17)22/h5,7-12,17-19,22H,6,13-14H2,1-4H3/t17-,18+,19-,22-/m1/s1. The summed E-state index contributed by atoms with van der Waals surface area (Å²) in [6.07, 6.45) is 6.29. The van der Waals surface area contributed by atoms with Crippen molar-refractivity contribution >= 4 is 40.3 Å². The molecule has 0 bridgehead atoms. The first-order valence-electron chi connectivity index (χ1n) is 11.5. The van der Waals surface area contributed by atoms with Crippen LogP contribution in [-0.4, -0.2) is 59.8 Å². The van der Waals surface area contributed by atoms with E-state index in [4.69, 9.17) is 4.74 Å². The highest BCUT2D eigenvalue weighted by Gasteiger charge is 2.64. The van der Waals surface area contributed by atoms with Gasteiger partial charge in [-0.15, -0.1) is 0 Å². The van der Waals surface area contributed by atoms with Crippen LogP contribution in [0.5, 0.6) is 0 Å². The SMILES string of the molecule is COCCCN1C(=O)[C@@H]2[C@@H](C1=O)[C@H](C(=O)C(C)(C)C)N1c3c(ccc4cccnc34)C=C[C@H]21. The summed E-state index contributed by atoms with van der Waals surface area (Å²) in [4.78, 5) is 49.0. The Morgan fingerprint density at radius 2 is 1.88 bits per heavy atom. The maximum atomic E-state index is 13.8. The van der Waals surface area contributed by atoms with Crippen molar-refractivity contribution < 1.29 is 19.1 Å². The van der Waals surface area contributed by atoms with Crippen LogP contribution in [0.4, 0.5) is 5.69 Å². The lowest BCUT2D eigenvalue weighted by molar-refractivity contribution is -0.142. The van der Waals surface area contributed by atoms with Gasteiger partial charge < -0.3 is 9.64 Å². The van der Waals surface area contributed by atoms with Crippen LogP contribution in [0.1, 0.15) is 32.8 Å². The van der Waals surface area contributed by atoms with Crippen LogP contribution in [0, 0.1) is 17.3 Å². The highest BCUT2D eigenvalue weighted by molar-refractivity contribution is 6.13. The minimum atomic E-state index is -0.722. The molecule has 7 heteroatoms. The van der Waals surface area contributed by atoms with Crippen molar-refractivity contribution in [3.8, 4) is 0 Å². The number of benzene rings is 1. The van der Waals surface area contributed by atoms with Crippen LogP contribution in [0.25, 0.3) is 17.0 Å². The molecule has 1 aromatic carbocycles. The number of pyridine rings is 1. The molecule has 2 aromatic rings. The van der Waals surface area contributed by atoms with Crippen LogP contribution in [0.2, 0.25) is 0 Å². The van der Waals surface area contributed by atoms with Gasteiger partial charge in [0.15, 0.2) is 5.78 Å². The molecule has 2 fully saturated rings. The number of hydrogen-bond donors (Lipinski definition) is 0. The van der Waals surface area contributed by atoms with E-state index in [1.807, 2.05) is 62.1 Å². The second-order valence-corrected chi connectivity index (χ2v) is 10.1. The predicted octanol–water partition coefficient (Wildman–Crippen LogP) is 3.07. The number of hydrogen-bond acceptors (Lipinski definition) is 6. The average molecular weight is 448 g/mol. The molecule has 4 atom stereocenters. The van der Waals surface area contributed by atoms with Crippen molar-refractivity contribution in [3.05, 3.63) is 42.1 Å². The first-order chi connectivity index (χ1) is 15.8. The number of Topliss-reactive ketones (excluding diaryl/α,β-unsaturated/α-hetero) is 1.